The number of amides is 1. The van der Waals surface area contributed by atoms with E-state index >= 15 is 0 Å². The summed E-state index contributed by atoms with van der Waals surface area (Å²) >= 11 is 0. The zero-order chi connectivity index (χ0) is 20.8. The highest BCUT2D eigenvalue weighted by Crippen LogP contribution is 2.20. The summed E-state index contributed by atoms with van der Waals surface area (Å²) in [5.41, 5.74) is 4.79. The van der Waals surface area contributed by atoms with Gasteiger partial charge in [-0.1, -0.05) is 48.4 Å². The van der Waals surface area contributed by atoms with E-state index in [0.717, 1.165) is 43.6 Å². The third kappa shape index (κ3) is 4.79. The molecule has 4 aromatic rings. The lowest BCUT2D eigenvalue weighted by atomic mass is 10.1. The zero-order valence-electron chi connectivity index (χ0n) is 17.3. The van der Waals surface area contributed by atoms with Gasteiger partial charge < -0.3 is 14.3 Å². The van der Waals surface area contributed by atoms with Gasteiger partial charge in [-0.2, -0.15) is 0 Å². The monoisotopic (exact) mass is 401 g/mol. The first kappa shape index (κ1) is 20.0. The van der Waals surface area contributed by atoms with Crippen molar-refractivity contribution in [1.29, 1.82) is 0 Å². The van der Waals surface area contributed by atoms with Crippen LogP contribution in [0.5, 0.6) is 0 Å². The Bertz CT molecular complexity index is 1110. The van der Waals surface area contributed by atoms with Crippen LogP contribution in [0.2, 0.25) is 0 Å². The minimum Gasteiger partial charge on any atom is -0.459 e. The van der Waals surface area contributed by atoms with Gasteiger partial charge in [-0.15, -0.1) is 0 Å². The fourth-order valence-corrected chi connectivity index (χ4v) is 3.77. The number of benzene rings is 2. The molecule has 0 aliphatic carbocycles. The smallest absolute Gasteiger partial charge is 0.286 e. The molecule has 0 unspecified atom stereocenters. The number of imidazole rings is 1. The van der Waals surface area contributed by atoms with Crippen molar-refractivity contribution >= 4 is 16.9 Å². The molecule has 2 aromatic carbocycles. The van der Waals surface area contributed by atoms with Gasteiger partial charge in [0.15, 0.2) is 5.76 Å². The fraction of sp³-hybridized carbons (Fsp3) is 0.280. The van der Waals surface area contributed by atoms with Gasteiger partial charge in [0.1, 0.15) is 5.82 Å². The summed E-state index contributed by atoms with van der Waals surface area (Å²) in [6.45, 7) is 3.61. The molecule has 4 rings (SSSR count). The molecule has 0 fully saturated rings. The van der Waals surface area contributed by atoms with Crippen molar-refractivity contribution in [3.8, 4) is 0 Å². The summed E-state index contributed by atoms with van der Waals surface area (Å²) in [4.78, 5) is 16.8. The number of carbonyl (C=O) groups excluding carboxylic acids is 1. The van der Waals surface area contributed by atoms with Crippen molar-refractivity contribution < 1.29 is 9.21 Å². The number of hydrogen-bond donors (Lipinski definition) is 1. The number of rotatable bonds is 9. The molecule has 2 aromatic heterocycles. The van der Waals surface area contributed by atoms with Gasteiger partial charge in [-0.05, 0) is 49.6 Å². The zero-order valence-corrected chi connectivity index (χ0v) is 17.3. The Morgan fingerprint density at radius 1 is 1.03 bits per heavy atom. The van der Waals surface area contributed by atoms with Gasteiger partial charge in [0.05, 0.1) is 17.3 Å². The van der Waals surface area contributed by atoms with Crippen LogP contribution < -0.4 is 5.32 Å². The third-order valence-corrected chi connectivity index (χ3v) is 5.26. The molecule has 0 aliphatic rings. The summed E-state index contributed by atoms with van der Waals surface area (Å²) in [7, 11) is 0. The second-order valence-electron chi connectivity index (χ2n) is 7.64. The molecule has 0 spiro atoms. The van der Waals surface area contributed by atoms with Crippen LogP contribution in [0.1, 0.15) is 46.8 Å². The maximum Gasteiger partial charge on any atom is 0.286 e. The largest absolute Gasteiger partial charge is 0.459 e. The first-order valence-corrected chi connectivity index (χ1v) is 10.5. The first-order valence-electron chi connectivity index (χ1n) is 10.5. The van der Waals surface area contributed by atoms with Gasteiger partial charge in [0, 0.05) is 19.5 Å². The molecular weight excluding hydrogens is 374 g/mol. The molecule has 1 N–H and O–H groups in total. The summed E-state index contributed by atoms with van der Waals surface area (Å²) < 4.78 is 7.44. The first-order chi connectivity index (χ1) is 14.7. The van der Waals surface area contributed by atoms with Crippen LogP contribution in [0.15, 0.2) is 71.3 Å². The van der Waals surface area contributed by atoms with Crippen LogP contribution in [-0.2, 0) is 13.0 Å². The van der Waals surface area contributed by atoms with Gasteiger partial charge in [0.2, 0.25) is 0 Å². The number of aromatic nitrogens is 2. The van der Waals surface area contributed by atoms with Gasteiger partial charge in [0.25, 0.3) is 5.91 Å². The highest BCUT2D eigenvalue weighted by molar-refractivity contribution is 5.91. The van der Waals surface area contributed by atoms with Crippen molar-refractivity contribution in [2.24, 2.45) is 0 Å². The van der Waals surface area contributed by atoms with Gasteiger partial charge in [-0.25, -0.2) is 4.98 Å². The predicted molar refractivity (Wildman–Crippen MR) is 119 cm³/mol. The second-order valence-corrected chi connectivity index (χ2v) is 7.64. The number of para-hydroxylation sites is 2. The molecule has 0 saturated heterocycles. The molecule has 30 heavy (non-hydrogen) atoms. The number of nitrogens with one attached hydrogen (secondary N) is 1. The third-order valence-electron chi connectivity index (χ3n) is 5.26. The summed E-state index contributed by atoms with van der Waals surface area (Å²) in [5, 5.41) is 2.90. The topological polar surface area (TPSA) is 60.1 Å². The van der Waals surface area contributed by atoms with E-state index in [4.69, 9.17) is 9.40 Å². The van der Waals surface area contributed by atoms with Crippen LogP contribution >= 0.6 is 0 Å². The van der Waals surface area contributed by atoms with Crippen LogP contribution in [-0.4, -0.2) is 22.0 Å². The van der Waals surface area contributed by atoms with E-state index in [1.807, 2.05) is 6.07 Å². The highest BCUT2D eigenvalue weighted by Gasteiger charge is 2.11. The minimum atomic E-state index is -0.153. The molecule has 2 heterocycles. The summed E-state index contributed by atoms with van der Waals surface area (Å²) in [5.74, 6) is 1.33. The molecule has 0 radical (unpaired) electrons. The lowest BCUT2D eigenvalue weighted by Crippen LogP contribution is -2.23. The van der Waals surface area contributed by atoms with E-state index in [0.29, 0.717) is 12.3 Å². The average molecular weight is 402 g/mol. The van der Waals surface area contributed by atoms with E-state index < -0.39 is 0 Å². The normalized spacial score (nSPS) is 11.1. The van der Waals surface area contributed by atoms with E-state index in [-0.39, 0.29) is 5.91 Å². The Morgan fingerprint density at radius 3 is 2.77 bits per heavy atom. The quantitative estimate of drug-likeness (QED) is 0.396. The van der Waals surface area contributed by atoms with E-state index in [1.54, 1.807) is 12.1 Å². The molecule has 154 valence electrons. The van der Waals surface area contributed by atoms with Gasteiger partial charge >= 0.3 is 0 Å². The molecule has 5 heteroatoms. The predicted octanol–water partition coefficient (Wildman–Crippen LogP) is 5.13. The van der Waals surface area contributed by atoms with Crippen molar-refractivity contribution in [3.63, 3.8) is 0 Å². The van der Waals surface area contributed by atoms with E-state index in [9.17, 15) is 4.79 Å². The molecular formula is C25H27N3O2. The van der Waals surface area contributed by atoms with Crippen LogP contribution in [0.3, 0.4) is 0 Å². The molecule has 5 nitrogen and oxygen atoms in total. The number of carbonyl (C=O) groups is 1. The molecule has 0 bridgehead atoms. The Labute approximate surface area is 176 Å². The average Bonchev–Trinajstić information content (AvgIpc) is 3.40. The van der Waals surface area contributed by atoms with Gasteiger partial charge in [-0.3, -0.25) is 4.79 Å². The second kappa shape index (κ2) is 9.44. The van der Waals surface area contributed by atoms with Crippen molar-refractivity contribution in [2.75, 3.05) is 6.54 Å². The molecule has 0 atom stereocenters. The van der Waals surface area contributed by atoms with Crippen LogP contribution in [0.4, 0.5) is 0 Å². The Balaban J connectivity index is 1.35. The molecule has 1 amide bonds. The number of fused-ring (bicyclic) bond motifs is 1. The van der Waals surface area contributed by atoms with Crippen LogP contribution in [0.25, 0.3) is 11.0 Å². The number of hydrogen-bond acceptors (Lipinski definition) is 3. The lowest BCUT2D eigenvalue weighted by molar-refractivity contribution is 0.0925. The maximum atomic E-state index is 11.9. The molecule has 0 saturated carbocycles. The minimum absolute atomic E-state index is 0.153. The number of furan rings is 1. The maximum absolute atomic E-state index is 11.9. The van der Waals surface area contributed by atoms with E-state index in [1.165, 1.54) is 22.9 Å². The SMILES string of the molecule is Cc1cccc(Cn2c(CCCCCNC(=O)c3ccco3)nc3ccccc32)c1. The number of aryl methyl sites for hydroxylation is 2. The lowest BCUT2D eigenvalue weighted by Gasteiger charge is -2.10. The Morgan fingerprint density at radius 2 is 1.93 bits per heavy atom. The summed E-state index contributed by atoms with van der Waals surface area (Å²) in [6, 6.07) is 20.4. The molecule has 0 aliphatic heterocycles. The fourth-order valence-electron chi connectivity index (χ4n) is 3.77. The Kier molecular flexibility index (Phi) is 6.28. The summed E-state index contributed by atoms with van der Waals surface area (Å²) in [6.07, 6.45) is 5.44. The standard InChI is InChI=1S/C25H27N3O2/c1-19-9-7-10-20(17-19)18-28-22-12-5-4-11-21(22)27-24(28)14-3-2-6-15-26-25(29)23-13-8-16-30-23/h4-5,7-13,16-17H,2-3,6,14-15,18H2,1H3,(H,26,29). The van der Waals surface area contributed by atoms with Crippen molar-refractivity contribution in [1.82, 2.24) is 14.9 Å². The highest BCUT2D eigenvalue weighted by atomic mass is 16.3. The van der Waals surface area contributed by atoms with Crippen molar-refractivity contribution in [3.05, 3.63) is 89.6 Å². The van der Waals surface area contributed by atoms with Crippen molar-refractivity contribution in [2.45, 2.75) is 39.2 Å². The number of nitrogens with zero attached hydrogens (tertiary/aromatic N) is 2. The number of unbranched alkanes of at least 4 members (excludes halogenated alkanes) is 2. The Hall–Kier alpha value is -3.34. The van der Waals surface area contributed by atoms with E-state index in [2.05, 4.69) is 59.3 Å². The van der Waals surface area contributed by atoms with Crippen LogP contribution in [0, 0.1) is 6.92 Å².